The van der Waals surface area contributed by atoms with E-state index in [-0.39, 0.29) is 11.3 Å². The van der Waals surface area contributed by atoms with Gasteiger partial charge in [-0.1, -0.05) is 18.2 Å². The summed E-state index contributed by atoms with van der Waals surface area (Å²) in [5.41, 5.74) is 2.13. The van der Waals surface area contributed by atoms with E-state index in [1.165, 1.54) is 12.8 Å². The predicted molar refractivity (Wildman–Crippen MR) is 89.1 cm³/mol. The SMILES string of the molecule is Cc1ccccc1N1C[C@@]2(CCN(C(=O)CC3CC3)C2)CC1=O. The first-order valence-electron chi connectivity index (χ1n) is 8.70. The zero-order chi connectivity index (χ0) is 16.0. The molecule has 1 atom stereocenters. The minimum absolute atomic E-state index is 0.0292. The Morgan fingerprint density at radius 1 is 1.26 bits per heavy atom. The van der Waals surface area contributed by atoms with Crippen LogP contribution in [0.2, 0.25) is 0 Å². The third kappa shape index (κ3) is 2.75. The normalized spacial score (nSPS) is 27.3. The Hall–Kier alpha value is -1.84. The van der Waals surface area contributed by atoms with Gasteiger partial charge in [-0.3, -0.25) is 9.59 Å². The molecule has 23 heavy (non-hydrogen) atoms. The Morgan fingerprint density at radius 2 is 2.04 bits per heavy atom. The second kappa shape index (κ2) is 5.36. The molecule has 2 saturated heterocycles. The van der Waals surface area contributed by atoms with Crippen LogP contribution in [0.25, 0.3) is 0 Å². The van der Waals surface area contributed by atoms with Crippen molar-refractivity contribution >= 4 is 17.5 Å². The van der Waals surface area contributed by atoms with Crippen LogP contribution in [0.4, 0.5) is 5.69 Å². The Labute approximate surface area is 137 Å². The van der Waals surface area contributed by atoms with E-state index in [0.717, 1.165) is 37.3 Å². The van der Waals surface area contributed by atoms with Crippen molar-refractivity contribution in [1.82, 2.24) is 4.90 Å². The van der Waals surface area contributed by atoms with Crippen LogP contribution >= 0.6 is 0 Å². The lowest BCUT2D eigenvalue weighted by molar-refractivity contribution is -0.131. The van der Waals surface area contributed by atoms with Crippen LogP contribution in [-0.4, -0.2) is 36.3 Å². The van der Waals surface area contributed by atoms with Gasteiger partial charge in [0.1, 0.15) is 0 Å². The van der Waals surface area contributed by atoms with Crippen LogP contribution in [0.3, 0.4) is 0 Å². The summed E-state index contributed by atoms with van der Waals surface area (Å²) >= 11 is 0. The summed E-state index contributed by atoms with van der Waals surface area (Å²) < 4.78 is 0. The van der Waals surface area contributed by atoms with Crippen molar-refractivity contribution in [1.29, 1.82) is 0 Å². The van der Waals surface area contributed by atoms with Crippen molar-refractivity contribution in [3.63, 3.8) is 0 Å². The molecule has 4 heteroatoms. The first kappa shape index (κ1) is 14.7. The highest BCUT2D eigenvalue weighted by atomic mass is 16.2. The molecule has 0 bridgehead atoms. The molecule has 0 aromatic heterocycles. The molecule has 3 aliphatic rings. The number of anilines is 1. The van der Waals surface area contributed by atoms with Crippen LogP contribution in [0.15, 0.2) is 24.3 Å². The zero-order valence-electron chi connectivity index (χ0n) is 13.8. The van der Waals surface area contributed by atoms with Crippen molar-refractivity contribution in [3.8, 4) is 0 Å². The van der Waals surface area contributed by atoms with E-state index < -0.39 is 0 Å². The maximum absolute atomic E-state index is 12.6. The first-order chi connectivity index (χ1) is 11.1. The van der Waals surface area contributed by atoms with E-state index in [1.807, 2.05) is 41.0 Å². The molecule has 1 saturated carbocycles. The number of nitrogens with zero attached hydrogens (tertiary/aromatic N) is 2. The van der Waals surface area contributed by atoms with Crippen molar-refractivity contribution in [2.75, 3.05) is 24.5 Å². The highest BCUT2D eigenvalue weighted by Crippen LogP contribution is 2.43. The van der Waals surface area contributed by atoms with E-state index in [0.29, 0.717) is 24.7 Å². The number of carbonyl (C=O) groups is 2. The lowest BCUT2D eigenvalue weighted by atomic mass is 9.86. The van der Waals surface area contributed by atoms with Crippen molar-refractivity contribution in [2.45, 2.75) is 39.0 Å². The number of para-hydroxylation sites is 1. The molecule has 1 aromatic rings. The summed E-state index contributed by atoms with van der Waals surface area (Å²) in [5.74, 6) is 1.13. The molecule has 2 heterocycles. The number of benzene rings is 1. The molecule has 2 aliphatic heterocycles. The maximum atomic E-state index is 12.6. The fourth-order valence-electron chi connectivity index (χ4n) is 4.10. The third-order valence-electron chi connectivity index (χ3n) is 5.68. The topological polar surface area (TPSA) is 40.6 Å². The minimum Gasteiger partial charge on any atom is -0.342 e. The van der Waals surface area contributed by atoms with Crippen molar-refractivity contribution in [3.05, 3.63) is 29.8 Å². The fourth-order valence-corrected chi connectivity index (χ4v) is 4.10. The summed E-state index contributed by atoms with van der Waals surface area (Å²) in [6, 6.07) is 8.06. The molecular weight excluding hydrogens is 288 g/mol. The number of rotatable bonds is 3. The molecule has 4 rings (SSSR count). The van der Waals surface area contributed by atoms with Gasteiger partial charge in [-0.15, -0.1) is 0 Å². The molecule has 0 unspecified atom stereocenters. The van der Waals surface area contributed by atoms with Crippen LogP contribution in [-0.2, 0) is 9.59 Å². The van der Waals surface area contributed by atoms with Crippen LogP contribution in [0.1, 0.15) is 37.7 Å². The number of likely N-dealkylation sites (tertiary alicyclic amines) is 1. The van der Waals surface area contributed by atoms with Crippen molar-refractivity contribution in [2.24, 2.45) is 11.3 Å². The lowest BCUT2D eigenvalue weighted by Crippen LogP contribution is -2.34. The third-order valence-corrected chi connectivity index (χ3v) is 5.68. The van der Waals surface area contributed by atoms with E-state index >= 15 is 0 Å². The number of aryl methyl sites for hydroxylation is 1. The van der Waals surface area contributed by atoms with Crippen LogP contribution < -0.4 is 4.90 Å². The average Bonchev–Trinajstić information content (AvgIpc) is 3.15. The molecule has 2 amide bonds. The molecule has 1 aromatic carbocycles. The summed E-state index contributed by atoms with van der Waals surface area (Å²) in [7, 11) is 0. The molecule has 122 valence electrons. The Morgan fingerprint density at radius 3 is 2.78 bits per heavy atom. The van der Waals surface area contributed by atoms with E-state index in [9.17, 15) is 9.59 Å². The van der Waals surface area contributed by atoms with Gasteiger partial charge in [-0.05, 0) is 43.7 Å². The maximum Gasteiger partial charge on any atom is 0.227 e. The standard InChI is InChI=1S/C19H24N2O2/c1-14-4-2-3-5-16(14)21-13-19(11-18(21)23)8-9-20(12-19)17(22)10-15-6-7-15/h2-5,15H,6-13H2,1H3/t19-/m0/s1. The number of carbonyl (C=O) groups excluding carboxylic acids is 2. The largest absolute Gasteiger partial charge is 0.342 e. The second-order valence-electron chi connectivity index (χ2n) is 7.66. The van der Waals surface area contributed by atoms with Gasteiger partial charge in [0.2, 0.25) is 11.8 Å². The predicted octanol–water partition coefficient (Wildman–Crippen LogP) is 2.75. The smallest absolute Gasteiger partial charge is 0.227 e. The molecule has 3 fully saturated rings. The molecular formula is C19H24N2O2. The van der Waals surface area contributed by atoms with Gasteiger partial charge in [0, 0.05) is 43.6 Å². The van der Waals surface area contributed by atoms with E-state index in [1.54, 1.807) is 0 Å². The monoisotopic (exact) mass is 312 g/mol. The van der Waals surface area contributed by atoms with E-state index in [4.69, 9.17) is 0 Å². The molecule has 4 nitrogen and oxygen atoms in total. The van der Waals surface area contributed by atoms with Gasteiger partial charge >= 0.3 is 0 Å². The summed E-state index contributed by atoms with van der Waals surface area (Å²) in [4.78, 5) is 28.9. The Kier molecular flexibility index (Phi) is 3.43. The Bertz CT molecular complexity index is 653. The zero-order valence-corrected chi connectivity index (χ0v) is 13.8. The Balaban J connectivity index is 1.47. The second-order valence-corrected chi connectivity index (χ2v) is 7.66. The minimum atomic E-state index is -0.0292. The first-order valence-corrected chi connectivity index (χ1v) is 8.70. The summed E-state index contributed by atoms with van der Waals surface area (Å²) in [6.07, 6.45) is 4.67. The van der Waals surface area contributed by atoms with E-state index in [2.05, 4.69) is 0 Å². The summed E-state index contributed by atoms with van der Waals surface area (Å²) in [6.45, 7) is 4.38. The van der Waals surface area contributed by atoms with Gasteiger partial charge in [-0.2, -0.15) is 0 Å². The van der Waals surface area contributed by atoms with Gasteiger partial charge in [0.05, 0.1) is 0 Å². The van der Waals surface area contributed by atoms with Crippen LogP contribution in [0, 0.1) is 18.3 Å². The highest BCUT2D eigenvalue weighted by Gasteiger charge is 2.49. The molecule has 0 radical (unpaired) electrons. The quantitative estimate of drug-likeness (QED) is 0.861. The van der Waals surface area contributed by atoms with Crippen LogP contribution in [0.5, 0.6) is 0 Å². The van der Waals surface area contributed by atoms with Gasteiger partial charge in [0.25, 0.3) is 0 Å². The number of amides is 2. The molecule has 0 N–H and O–H groups in total. The molecule has 1 aliphatic carbocycles. The number of hydrogen-bond acceptors (Lipinski definition) is 2. The fraction of sp³-hybridized carbons (Fsp3) is 0.579. The van der Waals surface area contributed by atoms with Gasteiger partial charge < -0.3 is 9.80 Å². The number of hydrogen-bond donors (Lipinski definition) is 0. The van der Waals surface area contributed by atoms with Gasteiger partial charge in [-0.25, -0.2) is 0 Å². The lowest BCUT2D eigenvalue weighted by Gasteiger charge is -2.25. The molecule has 1 spiro atoms. The highest BCUT2D eigenvalue weighted by molar-refractivity contribution is 5.97. The summed E-state index contributed by atoms with van der Waals surface area (Å²) in [5, 5.41) is 0. The van der Waals surface area contributed by atoms with Crippen molar-refractivity contribution < 1.29 is 9.59 Å². The average molecular weight is 312 g/mol. The van der Waals surface area contributed by atoms with Gasteiger partial charge in [0.15, 0.2) is 0 Å².